The van der Waals surface area contributed by atoms with E-state index in [-0.39, 0.29) is 5.91 Å². The summed E-state index contributed by atoms with van der Waals surface area (Å²) in [5.41, 5.74) is 3.90. The van der Waals surface area contributed by atoms with Crippen molar-refractivity contribution in [2.75, 3.05) is 6.54 Å². The molecule has 1 aliphatic rings. The van der Waals surface area contributed by atoms with Crippen LogP contribution in [0.25, 0.3) is 12.7 Å². The number of aryl methyl sites for hydroxylation is 1. The molecule has 0 atom stereocenters. The van der Waals surface area contributed by atoms with Crippen molar-refractivity contribution in [1.29, 1.82) is 0 Å². The molecule has 0 unspecified atom stereocenters. The SMILES string of the molecule is C=c1c(C)ccc2c1=NC(=O)C(CNCc1ccccc1)=C2. The first-order valence-corrected chi connectivity index (χ1v) is 7.32. The quantitative estimate of drug-likeness (QED) is 0.932. The van der Waals surface area contributed by atoms with Crippen LogP contribution in [0.15, 0.2) is 53.0 Å². The molecule has 0 saturated heterocycles. The zero-order chi connectivity index (χ0) is 15.5. The van der Waals surface area contributed by atoms with Gasteiger partial charge in [0.05, 0.1) is 5.36 Å². The van der Waals surface area contributed by atoms with Crippen LogP contribution in [0, 0.1) is 6.92 Å². The molecule has 0 aliphatic carbocycles. The second-order valence-electron chi connectivity index (χ2n) is 5.47. The highest BCUT2D eigenvalue weighted by Gasteiger charge is 2.14. The third-order valence-electron chi connectivity index (χ3n) is 3.85. The third kappa shape index (κ3) is 2.90. The van der Waals surface area contributed by atoms with Gasteiger partial charge in [-0.25, -0.2) is 4.99 Å². The van der Waals surface area contributed by atoms with Gasteiger partial charge >= 0.3 is 0 Å². The number of carbonyl (C=O) groups excluding carboxylic acids is 1. The highest BCUT2D eigenvalue weighted by Crippen LogP contribution is 2.09. The normalized spacial score (nSPS) is 13.3. The molecule has 0 bridgehead atoms. The summed E-state index contributed by atoms with van der Waals surface area (Å²) in [5, 5.41) is 4.83. The summed E-state index contributed by atoms with van der Waals surface area (Å²) in [5.74, 6) is -0.177. The fourth-order valence-electron chi connectivity index (χ4n) is 2.49. The smallest absolute Gasteiger partial charge is 0.274 e. The number of fused-ring (bicyclic) bond motifs is 1. The maximum Gasteiger partial charge on any atom is 0.274 e. The average molecular weight is 290 g/mol. The molecule has 1 amide bonds. The minimum atomic E-state index is -0.177. The summed E-state index contributed by atoms with van der Waals surface area (Å²) < 4.78 is 0. The van der Waals surface area contributed by atoms with E-state index in [1.165, 1.54) is 5.56 Å². The van der Waals surface area contributed by atoms with Crippen LogP contribution in [0.5, 0.6) is 0 Å². The van der Waals surface area contributed by atoms with Crippen LogP contribution in [-0.4, -0.2) is 12.5 Å². The number of amides is 1. The molecule has 3 rings (SSSR count). The Kier molecular flexibility index (Phi) is 3.98. The Hall–Kier alpha value is -2.52. The number of carbonyl (C=O) groups is 1. The van der Waals surface area contributed by atoms with E-state index >= 15 is 0 Å². The van der Waals surface area contributed by atoms with Gasteiger partial charge in [0.1, 0.15) is 0 Å². The molecule has 2 aromatic carbocycles. The van der Waals surface area contributed by atoms with E-state index < -0.39 is 0 Å². The van der Waals surface area contributed by atoms with E-state index in [1.807, 2.05) is 43.3 Å². The molecule has 110 valence electrons. The van der Waals surface area contributed by atoms with Crippen LogP contribution in [0.4, 0.5) is 0 Å². The zero-order valence-corrected chi connectivity index (χ0v) is 12.6. The summed E-state index contributed by atoms with van der Waals surface area (Å²) in [6, 6.07) is 14.1. The van der Waals surface area contributed by atoms with Crippen LogP contribution in [0.3, 0.4) is 0 Å². The standard InChI is InChI=1S/C19H18N2O/c1-13-8-9-16-10-17(19(22)21-18(16)14(13)2)12-20-11-15-6-4-3-5-7-15/h3-10,20H,2,11-12H2,1H3. The summed E-state index contributed by atoms with van der Waals surface area (Å²) in [6.07, 6.45) is 1.91. The Labute approximate surface area is 129 Å². The lowest BCUT2D eigenvalue weighted by Crippen LogP contribution is -2.34. The van der Waals surface area contributed by atoms with Crippen molar-refractivity contribution in [3.05, 3.63) is 75.3 Å². The van der Waals surface area contributed by atoms with Crippen LogP contribution >= 0.6 is 0 Å². The number of hydrogen-bond donors (Lipinski definition) is 1. The molecule has 0 radical (unpaired) electrons. The van der Waals surface area contributed by atoms with Gasteiger partial charge in [-0.3, -0.25) is 4.79 Å². The van der Waals surface area contributed by atoms with Crippen molar-refractivity contribution in [3.8, 4) is 0 Å². The molecular weight excluding hydrogens is 272 g/mol. The molecule has 0 saturated carbocycles. The lowest BCUT2D eigenvalue weighted by atomic mass is 10.0. The number of rotatable bonds is 4. The monoisotopic (exact) mass is 290 g/mol. The van der Waals surface area contributed by atoms with Gasteiger partial charge in [0.25, 0.3) is 5.91 Å². The highest BCUT2D eigenvalue weighted by molar-refractivity contribution is 6.00. The minimum Gasteiger partial charge on any atom is -0.308 e. The molecule has 1 N–H and O–H groups in total. The Morgan fingerprint density at radius 2 is 1.86 bits per heavy atom. The van der Waals surface area contributed by atoms with Crippen LogP contribution in [-0.2, 0) is 11.3 Å². The molecule has 0 aromatic heterocycles. The lowest BCUT2D eigenvalue weighted by Gasteiger charge is -2.11. The maximum absolute atomic E-state index is 12.2. The van der Waals surface area contributed by atoms with Crippen LogP contribution in [0.2, 0.25) is 0 Å². The predicted molar refractivity (Wildman–Crippen MR) is 88.6 cm³/mol. The Bertz CT molecular complexity index is 851. The van der Waals surface area contributed by atoms with E-state index in [0.29, 0.717) is 17.5 Å². The largest absolute Gasteiger partial charge is 0.308 e. The van der Waals surface area contributed by atoms with Gasteiger partial charge in [-0.2, -0.15) is 0 Å². The Balaban J connectivity index is 1.76. The summed E-state index contributed by atoms with van der Waals surface area (Å²) in [7, 11) is 0. The maximum atomic E-state index is 12.2. The second-order valence-corrected chi connectivity index (χ2v) is 5.47. The molecule has 2 aromatic rings. The van der Waals surface area contributed by atoms with Crippen molar-refractivity contribution < 1.29 is 4.79 Å². The molecule has 22 heavy (non-hydrogen) atoms. The Morgan fingerprint density at radius 3 is 2.64 bits per heavy atom. The van der Waals surface area contributed by atoms with Crippen molar-refractivity contribution in [1.82, 2.24) is 5.32 Å². The molecule has 3 nitrogen and oxygen atoms in total. The van der Waals surface area contributed by atoms with Crippen molar-refractivity contribution in [2.45, 2.75) is 13.5 Å². The first-order chi connectivity index (χ1) is 10.6. The third-order valence-corrected chi connectivity index (χ3v) is 3.85. The number of benzene rings is 2. The molecule has 1 aliphatic heterocycles. The van der Waals surface area contributed by atoms with Gasteiger partial charge in [-0.05, 0) is 29.3 Å². The van der Waals surface area contributed by atoms with Crippen LogP contribution in [0.1, 0.15) is 16.7 Å². The van der Waals surface area contributed by atoms with E-state index in [0.717, 1.165) is 22.9 Å². The number of hydrogen-bond acceptors (Lipinski definition) is 2. The highest BCUT2D eigenvalue weighted by atomic mass is 16.1. The van der Waals surface area contributed by atoms with Gasteiger partial charge in [0, 0.05) is 24.2 Å². The summed E-state index contributed by atoms with van der Waals surface area (Å²) >= 11 is 0. The molecular formula is C19H18N2O. The summed E-state index contributed by atoms with van der Waals surface area (Å²) in [6.45, 7) is 7.22. The molecule has 0 fully saturated rings. The van der Waals surface area contributed by atoms with Gasteiger partial charge < -0.3 is 5.32 Å². The topological polar surface area (TPSA) is 41.5 Å². The van der Waals surface area contributed by atoms with Gasteiger partial charge in [0.2, 0.25) is 0 Å². The number of nitrogens with zero attached hydrogens (tertiary/aromatic N) is 1. The Morgan fingerprint density at radius 1 is 1.09 bits per heavy atom. The van der Waals surface area contributed by atoms with Crippen molar-refractivity contribution >= 4 is 18.6 Å². The lowest BCUT2D eigenvalue weighted by molar-refractivity contribution is -0.114. The van der Waals surface area contributed by atoms with Gasteiger partial charge in [-0.1, -0.05) is 49.0 Å². The van der Waals surface area contributed by atoms with Gasteiger partial charge in [0.15, 0.2) is 0 Å². The molecule has 0 spiro atoms. The zero-order valence-electron chi connectivity index (χ0n) is 12.6. The molecule has 3 heteroatoms. The van der Waals surface area contributed by atoms with Crippen molar-refractivity contribution in [2.24, 2.45) is 4.99 Å². The van der Waals surface area contributed by atoms with E-state index in [1.54, 1.807) is 0 Å². The predicted octanol–water partition coefficient (Wildman–Crippen LogP) is 1.74. The van der Waals surface area contributed by atoms with Gasteiger partial charge in [-0.15, -0.1) is 0 Å². The minimum absolute atomic E-state index is 0.177. The average Bonchev–Trinajstić information content (AvgIpc) is 2.53. The fraction of sp³-hybridized carbons (Fsp3) is 0.158. The molecule has 1 heterocycles. The number of nitrogens with one attached hydrogen (secondary N) is 1. The van der Waals surface area contributed by atoms with Crippen LogP contribution < -0.4 is 15.9 Å². The van der Waals surface area contributed by atoms with E-state index in [9.17, 15) is 4.79 Å². The van der Waals surface area contributed by atoms with E-state index in [2.05, 4.69) is 29.0 Å². The first kappa shape index (κ1) is 14.4. The summed E-state index contributed by atoms with van der Waals surface area (Å²) in [4.78, 5) is 16.4. The fourth-order valence-corrected chi connectivity index (χ4v) is 2.49. The van der Waals surface area contributed by atoms with E-state index in [4.69, 9.17) is 0 Å². The first-order valence-electron chi connectivity index (χ1n) is 7.32. The second kappa shape index (κ2) is 6.08. The van der Waals surface area contributed by atoms with Crippen molar-refractivity contribution in [3.63, 3.8) is 0 Å².